The maximum absolute atomic E-state index is 12.5. The standard InChI is InChI=1S/C21H19N3O7S/c1-28-15-9-12(10-16(29-2)17(15)30-3)18(25)23-24-21(32)22-19(26)13-8-11-6-4-5-7-14(11)31-20(13)27/h4-10H,1-3H3,(H,23,25)(H2,22,24,26,32). The minimum atomic E-state index is -0.814. The summed E-state index contributed by atoms with van der Waals surface area (Å²) in [4.78, 5) is 37.0. The highest BCUT2D eigenvalue weighted by molar-refractivity contribution is 7.80. The van der Waals surface area contributed by atoms with Gasteiger partial charge in [0.1, 0.15) is 11.1 Å². The molecule has 1 aromatic heterocycles. The van der Waals surface area contributed by atoms with Crippen LogP contribution in [0.25, 0.3) is 11.0 Å². The number of para-hydroxylation sites is 1. The first-order valence-corrected chi connectivity index (χ1v) is 9.53. The molecule has 0 aliphatic rings. The van der Waals surface area contributed by atoms with E-state index in [0.717, 1.165) is 0 Å². The molecule has 0 saturated carbocycles. The Morgan fingerprint density at radius 3 is 2.19 bits per heavy atom. The van der Waals surface area contributed by atoms with Gasteiger partial charge in [0.2, 0.25) is 5.75 Å². The minimum absolute atomic E-state index is 0.177. The molecule has 0 saturated heterocycles. The molecular formula is C21H19N3O7S. The topological polar surface area (TPSA) is 128 Å². The Kier molecular flexibility index (Phi) is 6.90. The molecule has 0 fully saturated rings. The van der Waals surface area contributed by atoms with Crippen molar-refractivity contribution >= 4 is 40.1 Å². The van der Waals surface area contributed by atoms with Crippen molar-refractivity contribution in [1.82, 2.24) is 16.2 Å². The van der Waals surface area contributed by atoms with Gasteiger partial charge in [-0.3, -0.25) is 25.8 Å². The van der Waals surface area contributed by atoms with Crippen LogP contribution in [0.4, 0.5) is 0 Å². The number of ether oxygens (including phenoxy) is 3. The molecule has 2 aromatic carbocycles. The smallest absolute Gasteiger partial charge is 0.349 e. The number of carbonyl (C=O) groups excluding carboxylic acids is 2. The molecule has 2 amide bonds. The van der Waals surface area contributed by atoms with Crippen molar-refractivity contribution in [2.24, 2.45) is 0 Å². The van der Waals surface area contributed by atoms with Gasteiger partial charge in [-0.2, -0.15) is 0 Å². The van der Waals surface area contributed by atoms with Crippen LogP contribution in [0.1, 0.15) is 20.7 Å². The highest BCUT2D eigenvalue weighted by Crippen LogP contribution is 2.38. The van der Waals surface area contributed by atoms with E-state index in [-0.39, 0.29) is 27.7 Å². The third kappa shape index (κ3) is 4.78. The number of benzene rings is 2. The third-order valence-corrected chi connectivity index (χ3v) is 4.53. The van der Waals surface area contributed by atoms with E-state index in [1.165, 1.54) is 39.5 Å². The van der Waals surface area contributed by atoms with Crippen molar-refractivity contribution in [3.05, 3.63) is 64.0 Å². The zero-order valence-electron chi connectivity index (χ0n) is 17.3. The van der Waals surface area contributed by atoms with Crippen molar-refractivity contribution in [1.29, 1.82) is 0 Å². The number of hydrazine groups is 1. The van der Waals surface area contributed by atoms with E-state index in [4.69, 9.17) is 30.8 Å². The number of hydrogen-bond donors (Lipinski definition) is 3. The molecular weight excluding hydrogens is 438 g/mol. The van der Waals surface area contributed by atoms with Crippen LogP contribution in [0, 0.1) is 0 Å². The monoisotopic (exact) mass is 457 g/mol. The van der Waals surface area contributed by atoms with E-state index < -0.39 is 17.4 Å². The fourth-order valence-corrected chi connectivity index (χ4v) is 2.96. The van der Waals surface area contributed by atoms with Crippen molar-refractivity contribution in [2.45, 2.75) is 0 Å². The van der Waals surface area contributed by atoms with E-state index in [9.17, 15) is 14.4 Å². The predicted molar refractivity (Wildman–Crippen MR) is 119 cm³/mol. The number of rotatable bonds is 5. The average Bonchev–Trinajstić information content (AvgIpc) is 2.80. The Labute approximate surface area is 187 Å². The highest BCUT2D eigenvalue weighted by Gasteiger charge is 2.18. The molecule has 3 N–H and O–H groups in total. The largest absolute Gasteiger partial charge is 0.493 e. The number of nitrogens with one attached hydrogen (secondary N) is 3. The van der Waals surface area contributed by atoms with Gasteiger partial charge in [-0.15, -0.1) is 0 Å². The summed E-state index contributed by atoms with van der Waals surface area (Å²) in [5.41, 5.74) is 4.22. The molecule has 3 aromatic rings. The lowest BCUT2D eigenvalue weighted by Gasteiger charge is -2.15. The predicted octanol–water partition coefficient (Wildman–Crippen LogP) is 1.77. The van der Waals surface area contributed by atoms with E-state index in [0.29, 0.717) is 16.7 Å². The van der Waals surface area contributed by atoms with Crippen LogP contribution in [-0.4, -0.2) is 38.3 Å². The first-order chi connectivity index (χ1) is 15.4. The lowest BCUT2D eigenvalue weighted by Crippen LogP contribution is -2.49. The molecule has 32 heavy (non-hydrogen) atoms. The third-order valence-electron chi connectivity index (χ3n) is 4.33. The minimum Gasteiger partial charge on any atom is -0.493 e. The second-order valence-corrected chi connectivity index (χ2v) is 6.67. The van der Waals surface area contributed by atoms with E-state index in [1.807, 2.05) is 0 Å². The molecule has 0 bridgehead atoms. The fraction of sp³-hybridized carbons (Fsp3) is 0.143. The molecule has 0 aliphatic carbocycles. The summed E-state index contributed by atoms with van der Waals surface area (Å²) in [6.45, 7) is 0. The molecule has 11 heteroatoms. The Balaban J connectivity index is 1.67. The molecule has 166 valence electrons. The van der Waals surface area contributed by atoms with Gasteiger partial charge in [-0.05, 0) is 36.5 Å². The lowest BCUT2D eigenvalue weighted by molar-refractivity contribution is 0.0933. The van der Waals surface area contributed by atoms with Gasteiger partial charge < -0.3 is 18.6 Å². The summed E-state index contributed by atoms with van der Waals surface area (Å²) in [7, 11) is 4.29. The fourth-order valence-electron chi connectivity index (χ4n) is 2.82. The summed E-state index contributed by atoms with van der Waals surface area (Å²) in [5.74, 6) is -0.474. The van der Waals surface area contributed by atoms with Gasteiger partial charge >= 0.3 is 5.63 Å². The van der Waals surface area contributed by atoms with E-state index >= 15 is 0 Å². The lowest BCUT2D eigenvalue weighted by atomic mass is 10.1. The SMILES string of the molecule is COc1cc(C(=O)NNC(=S)NC(=O)c2cc3ccccc3oc2=O)cc(OC)c1OC. The number of amides is 2. The number of fused-ring (bicyclic) bond motifs is 1. The summed E-state index contributed by atoms with van der Waals surface area (Å²) < 4.78 is 20.8. The van der Waals surface area contributed by atoms with Gasteiger partial charge in [0.15, 0.2) is 16.6 Å². The molecule has 0 unspecified atom stereocenters. The van der Waals surface area contributed by atoms with Gasteiger partial charge in [0.05, 0.1) is 21.3 Å². The van der Waals surface area contributed by atoms with E-state index in [1.54, 1.807) is 24.3 Å². The summed E-state index contributed by atoms with van der Waals surface area (Å²) in [6.07, 6.45) is 0. The van der Waals surface area contributed by atoms with Crippen LogP contribution in [0.15, 0.2) is 51.7 Å². The molecule has 0 spiro atoms. The van der Waals surface area contributed by atoms with Crippen molar-refractivity contribution in [2.75, 3.05) is 21.3 Å². The van der Waals surface area contributed by atoms with Gasteiger partial charge in [0.25, 0.3) is 11.8 Å². The van der Waals surface area contributed by atoms with Crippen LogP contribution in [-0.2, 0) is 0 Å². The molecule has 0 radical (unpaired) electrons. The van der Waals surface area contributed by atoms with Crippen molar-refractivity contribution < 1.29 is 28.2 Å². The molecule has 0 aliphatic heterocycles. The average molecular weight is 457 g/mol. The number of hydrogen-bond acceptors (Lipinski definition) is 8. The van der Waals surface area contributed by atoms with Gasteiger partial charge in [-0.25, -0.2) is 4.79 Å². The van der Waals surface area contributed by atoms with Gasteiger partial charge in [0, 0.05) is 10.9 Å². The van der Waals surface area contributed by atoms with Crippen molar-refractivity contribution in [3.63, 3.8) is 0 Å². The zero-order chi connectivity index (χ0) is 23.3. The Morgan fingerprint density at radius 2 is 1.56 bits per heavy atom. The Bertz CT molecular complexity index is 1230. The first-order valence-electron chi connectivity index (χ1n) is 9.12. The van der Waals surface area contributed by atoms with E-state index in [2.05, 4.69) is 16.2 Å². The quantitative estimate of drug-likeness (QED) is 0.298. The summed E-state index contributed by atoms with van der Waals surface area (Å²) in [6, 6.07) is 11.1. The van der Waals surface area contributed by atoms with Crippen LogP contribution in [0.2, 0.25) is 0 Å². The van der Waals surface area contributed by atoms with Crippen LogP contribution in [0.3, 0.4) is 0 Å². The number of methoxy groups -OCH3 is 3. The first kappa shape index (κ1) is 22.6. The second-order valence-electron chi connectivity index (χ2n) is 6.26. The summed E-state index contributed by atoms with van der Waals surface area (Å²) in [5, 5.41) is 2.65. The molecule has 1 heterocycles. The van der Waals surface area contributed by atoms with Crippen LogP contribution >= 0.6 is 12.2 Å². The molecule has 0 atom stereocenters. The van der Waals surface area contributed by atoms with Crippen LogP contribution < -0.4 is 36.0 Å². The zero-order valence-corrected chi connectivity index (χ0v) is 18.1. The normalized spacial score (nSPS) is 10.2. The number of carbonyl (C=O) groups is 2. The molecule has 3 rings (SSSR count). The van der Waals surface area contributed by atoms with Crippen LogP contribution in [0.5, 0.6) is 17.2 Å². The molecule has 10 nitrogen and oxygen atoms in total. The van der Waals surface area contributed by atoms with Gasteiger partial charge in [-0.1, -0.05) is 18.2 Å². The maximum atomic E-state index is 12.5. The second kappa shape index (κ2) is 9.79. The number of thiocarbonyl (C=S) groups is 1. The Hall–Kier alpha value is -4.12. The Morgan fingerprint density at radius 1 is 0.906 bits per heavy atom. The highest BCUT2D eigenvalue weighted by atomic mass is 32.1. The summed E-state index contributed by atoms with van der Waals surface area (Å²) >= 11 is 5.01. The maximum Gasteiger partial charge on any atom is 0.349 e. The van der Waals surface area contributed by atoms with Crippen molar-refractivity contribution in [3.8, 4) is 17.2 Å².